The molecule has 0 aliphatic rings. The van der Waals surface area contributed by atoms with Gasteiger partial charge in [0.25, 0.3) is 0 Å². The summed E-state index contributed by atoms with van der Waals surface area (Å²) in [5.41, 5.74) is 3.28. The lowest BCUT2D eigenvalue weighted by molar-refractivity contribution is 0.474. The quantitative estimate of drug-likeness (QED) is 0.516. The number of hydrogen-bond acceptors (Lipinski definition) is 4. The fourth-order valence-electron chi connectivity index (χ4n) is 1.92. The standard InChI is InChI=1S/C18H19N3O2/c1-12-4-6-17(22)15(8-12)10-19-14(3)21-20-11-16-9-13(2)5-7-18(16)23/h4-11,22-23H,1-3H3/b19-10?,20-11+,21-14+. The predicted molar refractivity (Wildman–Crippen MR) is 94.0 cm³/mol. The average Bonchev–Trinajstić information content (AvgIpc) is 2.51. The summed E-state index contributed by atoms with van der Waals surface area (Å²) in [4.78, 5) is 4.16. The third kappa shape index (κ3) is 4.78. The van der Waals surface area contributed by atoms with E-state index in [0.717, 1.165) is 11.1 Å². The monoisotopic (exact) mass is 309 g/mol. The van der Waals surface area contributed by atoms with Gasteiger partial charge in [-0.2, -0.15) is 5.10 Å². The van der Waals surface area contributed by atoms with Crippen molar-refractivity contribution in [2.75, 3.05) is 0 Å². The number of benzene rings is 2. The molecule has 2 N–H and O–H groups in total. The van der Waals surface area contributed by atoms with E-state index in [2.05, 4.69) is 15.2 Å². The van der Waals surface area contributed by atoms with Crippen molar-refractivity contribution < 1.29 is 10.2 Å². The van der Waals surface area contributed by atoms with E-state index in [1.807, 2.05) is 38.1 Å². The van der Waals surface area contributed by atoms with Gasteiger partial charge in [0.2, 0.25) is 0 Å². The van der Waals surface area contributed by atoms with Crippen molar-refractivity contribution in [1.82, 2.24) is 0 Å². The van der Waals surface area contributed by atoms with E-state index in [4.69, 9.17) is 0 Å². The second kappa shape index (κ2) is 7.35. The molecular weight excluding hydrogens is 290 g/mol. The van der Waals surface area contributed by atoms with Crippen LogP contribution in [0.5, 0.6) is 11.5 Å². The van der Waals surface area contributed by atoms with Crippen LogP contribution in [0.3, 0.4) is 0 Å². The van der Waals surface area contributed by atoms with E-state index >= 15 is 0 Å². The van der Waals surface area contributed by atoms with E-state index in [9.17, 15) is 10.2 Å². The molecule has 0 saturated carbocycles. The lowest BCUT2D eigenvalue weighted by Gasteiger charge is -1.99. The predicted octanol–water partition coefficient (Wildman–Crippen LogP) is 3.59. The first-order valence-electron chi connectivity index (χ1n) is 7.16. The summed E-state index contributed by atoms with van der Waals surface area (Å²) in [6.45, 7) is 5.58. The van der Waals surface area contributed by atoms with Gasteiger partial charge in [-0.05, 0) is 45.0 Å². The van der Waals surface area contributed by atoms with Crippen molar-refractivity contribution in [2.45, 2.75) is 20.8 Å². The van der Waals surface area contributed by atoms with E-state index in [1.165, 1.54) is 6.21 Å². The van der Waals surface area contributed by atoms with Crippen LogP contribution in [-0.2, 0) is 0 Å². The van der Waals surface area contributed by atoms with Crippen LogP contribution in [0.15, 0.2) is 51.6 Å². The van der Waals surface area contributed by atoms with Gasteiger partial charge < -0.3 is 10.2 Å². The van der Waals surface area contributed by atoms with Crippen LogP contribution >= 0.6 is 0 Å². The zero-order valence-electron chi connectivity index (χ0n) is 13.4. The molecule has 0 bridgehead atoms. The van der Waals surface area contributed by atoms with Gasteiger partial charge in [-0.15, -0.1) is 5.10 Å². The van der Waals surface area contributed by atoms with Gasteiger partial charge in [0.1, 0.15) is 17.3 Å². The molecule has 0 aromatic heterocycles. The van der Waals surface area contributed by atoms with Crippen molar-refractivity contribution in [3.63, 3.8) is 0 Å². The van der Waals surface area contributed by atoms with Gasteiger partial charge in [0, 0.05) is 17.3 Å². The van der Waals surface area contributed by atoms with Crippen molar-refractivity contribution >= 4 is 18.3 Å². The van der Waals surface area contributed by atoms with Crippen LogP contribution in [0, 0.1) is 13.8 Å². The molecule has 0 aliphatic heterocycles. The molecule has 2 aromatic rings. The Labute approximate surface area is 135 Å². The number of hydrogen-bond donors (Lipinski definition) is 2. The first-order chi connectivity index (χ1) is 11.0. The van der Waals surface area contributed by atoms with Gasteiger partial charge in [-0.3, -0.25) is 0 Å². The Hall–Kier alpha value is -2.95. The molecule has 2 aromatic carbocycles. The van der Waals surface area contributed by atoms with Crippen LogP contribution in [-0.4, -0.2) is 28.5 Å². The number of aliphatic imine (C=N–C) groups is 1. The van der Waals surface area contributed by atoms with Gasteiger partial charge in [-0.25, -0.2) is 4.99 Å². The molecule has 0 amide bonds. The number of phenols is 2. The highest BCUT2D eigenvalue weighted by Crippen LogP contribution is 2.16. The van der Waals surface area contributed by atoms with E-state index in [-0.39, 0.29) is 11.5 Å². The highest BCUT2D eigenvalue weighted by molar-refractivity contribution is 5.95. The summed E-state index contributed by atoms with van der Waals surface area (Å²) in [6.07, 6.45) is 3.02. The van der Waals surface area contributed by atoms with E-state index < -0.39 is 0 Å². The summed E-state index contributed by atoms with van der Waals surface area (Å²) in [7, 11) is 0. The molecule has 0 atom stereocenters. The van der Waals surface area contributed by atoms with Crippen LogP contribution in [0.4, 0.5) is 0 Å². The fourth-order valence-corrected chi connectivity index (χ4v) is 1.92. The largest absolute Gasteiger partial charge is 0.507 e. The van der Waals surface area contributed by atoms with E-state index in [1.54, 1.807) is 25.3 Å². The Kier molecular flexibility index (Phi) is 5.25. The van der Waals surface area contributed by atoms with Gasteiger partial charge in [0.15, 0.2) is 0 Å². The zero-order valence-corrected chi connectivity index (χ0v) is 13.4. The minimum atomic E-state index is 0.153. The Morgan fingerprint density at radius 2 is 1.39 bits per heavy atom. The molecule has 0 fully saturated rings. The molecule has 0 aliphatic carbocycles. The molecule has 0 heterocycles. The number of nitrogens with zero attached hydrogens (tertiary/aromatic N) is 3. The second-order valence-electron chi connectivity index (χ2n) is 5.27. The maximum absolute atomic E-state index is 9.74. The minimum Gasteiger partial charge on any atom is -0.507 e. The number of amidine groups is 1. The first kappa shape index (κ1) is 16.4. The Bertz CT molecular complexity index is 793. The Balaban J connectivity index is 2.11. The number of aromatic hydroxyl groups is 2. The molecule has 0 saturated heterocycles. The number of rotatable bonds is 3. The zero-order chi connectivity index (χ0) is 16.8. The number of phenolic OH excluding ortho intramolecular Hbond substituents is 2. The van der Waals surface area contributed by atoms with Gasteiger partial charge in [0.05, 0.1) is 6.21 Å². The molecule has 2 rings (SSSR count). The summed E-state index contributed by atoms with van der Waals surface area (Å²) in [5, 5.41) is 27.3. The molecule has 5 heteroatoms. The van der Waals surface area contributed by atoms with Crippen molar-refractivity contribution in [3.05, 3.63) is 58.7 Å². The van der Waals surface area contributed by atoms with Crippen LogP contribution in [0.25, 0.3) is 0 Å². The Morgan fingerprint density at radius 3 is 1.96 bits per heavy atom. The van der Waals surface area contributed by atoms with Crippen LogP contribution in [0.2, 0.25) is 0 Å². The third-order valence-corrected chi connectivity index (χ3v) is 3.16. The lowest BCUT2D eigenvalue weighted by atomic mass is 10.1. The number of aryl methyl sites for hydroxylation is 2. The van der Waals surface area contributed by atoms with Crippen LogP contribution < -0.4 is 0 Å². The van der Waals surface area contributed by atoms with Gasteiger partial charge in [-0.1, -0.05) is 23.3 Å². The normalized spacial score (nSPS) is 12.4. The Morgan fingerprint density at radius 1 is 0.870 bits per heavy atom. The first-order valence-corrected chi connectivity index (χ1v) is 7.16. The van der Waals surface area contributed by atoms with Crippen molar-refractivity contribution in [2.24, 2.45) is 15.2 Å². The molecular formula is C18H19N3O2. The van der Waals surface area contributed by atoms with Gasteiger partial charge >= 0.3 is 0 Å². The average molecular weight is 309 g/mol. The fraction of sp³-hybridized carbons (Fsp3) is 0.167. The second-order valence-corrected chi connectivity index (χ2v) is 5.27. The summed E-state index contributed by atoms with van der Waals surface area (Å²) >= 11 is 0. The van der Waals surface area contributed by atoms with E-state index in [0.29, 0.717) is 17.0 Å². The maximum atomic E-state index is 9.74. The lowest BCUT2D eigenvalue weighted by Crippen LogP contribution is -1.90. The molecule has 0 radical (unpaired) electrons. The molecule has 0 unspecified atom stereocenters. The summed E-state index contributed by atoms with van der Waals surface area (Å²) in [5.74, 6) is 0.759. The topological polar surface area (TPSA) is 77.5 Å². The van der Waals surface area contributed by atoms with Crippen molar-refractivity contribution in [1.29, 1.82) is 0 Å². The SMILES string of the molecule is C/C(N=Cc1cc(C)ccc1O)=N\N=C\c1cc(C)ccc1O. The highest BCUT2D eigenvalue weighted by atomic mass is 16.3. The molecule has 118 valence electrons. The summed E-state index contributed by atoms with van der Waals surface area (Å²) in [6, 6.07) is 10.5. The van der Waals surface area contributed by atoms with Crippen molar-refractivity contribution in [3.8, 4) is 11.5 Å². The molecule has 0 spiro atoms. The smallest absolute Gasteiger partial charge is 0.147 e. The highest BCUT2D eigenvalue weighted by Gasteiger charge is 1.99. The third-order valence-electron chi connectivity index (χ3n) is 3.16. The molecule has 23 heavy (non-hydrogen) atoms. The minimum absolute atomic E-state index is 0.153. The van der Waals surface area contributed by atoms with Crippen LogP contribution in [0.1, 0.15) is 29.2 Å². The molecule has 5 nitrogen and oxygen atoms in total. The summed E-state index contributed by atoms with van der Waals surface area (Å²) < 4.78 is 0. The maximum Gasteiger partial charge on any atom is 0.147 e.